The summed E-state index contributed by atoms with van der Waals surface area (Å²) in [5.74, 6) is -0.537. The molecule has 0 aromatic heterocycles. The molecule has 0 unspecified atom stereocenters. The van der Waals surface area contributed by atoms with E-state index < -0.39 is 22.7 Å². The van der Waals surface area contributed by atoms with E-state index in [1.54, 1.807) is 0 Å². The minimum atomic E-state index is -4.89. The van der Waals surface area contributed by atoms with Crippen molar-refractivity contribution in [3.8, 4) is 5.75 Å². The second-order valence-electron chi connectivity index (χ2n) is 4.92. The Labute approximate surface area is 124 Å². The third-order valence-corrected chi connectivity index (χ3v) is 3.39. The van der Waals surface area contributed by atoms with Crippen molar-refractivity contribution < 1.29 is 27.6 Å². The molecule has 9 heteroatoms. The van der Waals surface area contributed by atoms with E-state index in [0.717, 1.165) is 6.07 Å². The minimum Gasteiger partial charge on any atom is -0.405 e. The fraction of sp³-hybridized carbons (Fsp3) is 0.538. The number of nitro groups is 1. The number of halogens is 3. The maximum atomic E-state index is 12.4. The van der Waals surface area contributed by atoms with Gasteiger partial charge in [-0.1, -0.05) is 0 Å². The van der Waals surface area contributed by atoms with Crippen molar-refractivity contribution in [2.75, 3.05) is 26.3 Å². The van der Waals surface area contributed by atoms with Gasteiger partial charge in [0.25, 0.3) is 5.69 Å². The van der Waals surface area contributed by atoms with Gasteiger partial charge in [-0.2, -0.15) is 0 Å². The minimum absolute atomic E-state index is 0.245. The van der Waals surface area contributed by atoms with Crippen LogP contribution in [-0.4, -0.2) is 42.5 Å². The standard InChI is InChI=1S/C13H15F3N2O4/c1-9-10(8-17-2-4-21-5-3-17)6-11(18(19)20)7-12(9)22-13(14,15)16/h6-7H,2-5,8H2,1H3. The zero-order valence-electron chi connectivity index (χ0n) is 11.9. The second-order valence-corrected chi connectivity index (χ2v) is 4.92. The Morgan fingerprint density at radius 1 is 1.36 bits per heavy atom. The van der Waals surface area contributed by atoms with Crippen molar-refractivity contribution in [1.82, 2.24) is 4.90 Å². The molecule has 2 rings (SSSR count). The van der Waals surface area contributed by atoms with Crippen molar-refractivity contribution in [2.24, 2.45) is 0 Å². The molecule has 1 aliphatic rings. The molecular formula is C13H15F3N2O4. The van der Waals surface area contributed by atoms with Crippen molar-refractivity contribution in [3.63, 3.8) is 0 Å². The van der Waals surface area contributed by atoms with Gasteiger partial charge in [0.1, 0.15) is 5.75 Å². The first kappa shape index (κ1) is 16.5. The summed E-state index contributed by atoms with van der Waals surface area (Å²) < 4.78 is 46.4. The molecule has 0 saturated carbocycles. The van der Waals surface area contributed by atoms with Gasteiger partial charge in [-0.25, -0.2) is 0 Å². The number of benzene rings is 1. The summed E-state index contributed by atoms with van der Waals surface area (Å²) in [5.41, 5.74) is 0.262. The Hall–Kier alpha value is -1.87. The van der Waals surface area contributed by atoms with Gasteiger partial charge in [-0.05, 0) is 18.1 Å². The summed E-state index contributed by atoms with van der Waals surface area (Å²) in [6, 6.07) is 2.08. The fourth-order valence-electron chi connectivity index (χ4n) is 2.23. The Morgan fingerprint density at radius 2 is 2.00 bits per heavy atom. The number of ether oxygens (including phenoxy) is 2. The molecule has 0 atom stereocenters. The summed E-state index contributed by atoms with van der Waals surface area (Å²) in [6.45, 7) is 4.07. The smallest absolute Gasteiger partial charge is 0.405 e. The summed E-state index contributed by atoms with van der Waals surface area (Å²) in [5, 5.41) is 10.9. The average molecular weight is 320 g/mol. The fourth-order valence-corrected chi connectivity index (χ4v) is 2.23. The van der Waals surface area contributed by atoms with E-state index in [9.17, 15) is 23.3 Å². The van der Waals surface area contributed by atoms with Gasteiger partial charge in [0, 0.05) is 25.7 Å². The summed E-state index contributed by atoms with van der Waals surface area (Å²) in [7, 11) is 0. The van der Waals surface area contributed by atoms with Crippen LogP contribution in [0.3, 0.4) is 0 Å². The van der Waals surface area contributed by atoms with E-state index in [0.29, 0.717) is 38.4 Å². The quantitative estimate of drug-likeness (QED) is 0.630. The van der Waals surface area contributed by atoms with Crippen LogP contribution in [0.4, 0.5) is 18.9 Å². The van der Waals surface area contributed by atoms with Gasteiger partial charge in [0.05, 0.1) is 24.2 Å². The molecule has 0 spiro atoms. The molecular weight excluding hydrogens is 305 g/mol. The van der Waals surface area contributed by atoms with Gasteiger partial charge in [0.15, 0.2) is 0 Å². The molecule has 1 heterocycles. The third kappa shape index (κ3) is 4.31. The lowest BCUT2D eigenvalue weighted by Gasteiger charge is -2.27. The van der Waals surface area contributed by atoms with E-state index in [1.165, 1.54) is 13.0 Å². The number of nitro benzene ring substituents is 1. The number of morpholine rings is 1. The van der Waals surface area contributed by atoms with Crippen LogP contribution in [0.1, 0.15) is 11.1 Å². The molecule has 122 valence electrons. The lowest BCUT2D eigenvalue weighted by atomic mass is 10.1. The number of non-ortho nitro benzene ring substituents is 1. The predicted octanol–water partition coefficient (Wildman–Crippen LogP) is 2.63. The Bertz CT molecular complexity index is 557. The van der Waals surface area contributed by atoms with Crippen LogP contribution in [0.15, 0.2) is 12.1 Å². The van der Waals surface area contributed by atoms with Gasteiger partial charge in [0.2, 0.25) is 0 Å². The van der Waals surface area contributed by atoms with Crippen molar-refractivity contribution >= 4 is 5.69 Å². The first-order chi connectivity index (χ1) is 10.3. The molecule has 1 aromatic carbocycles. The molecule has 1 aliphatic heterocycles. The number of hydrogen-bond donors (Lipinski definition) is 0. The molecule has 0 bridgehead atoms. The number of nitrogens with zero attached hydrogens (tertiary/aromatic N) is 2. The SMILES string of the molecule is Cc1c(CN2CCOCC2)cc([N+](=O)[O-])cc1OC(F)(F)F. The van der Waals surface area contributed by atoms with E-state index in [2.05, 4.69) is 4.74 Å². The zero-order chi connectivity index (χ0) is 16.3. The van der Waals surface area contributed by atoms with Gasteiger partial charge >= 0.3 is 6.36 Å². The van der Waals surface area contributed by atoms with Crippen LogP contribution in [-0.2, 0) is 11.3 Å². The van der Waals surface area contributed by atoms with Crippen molar-refractivity contribution in [1.29, 1.82) is 0 Å². The van der Waals surface area contributed by atoms with Crippen molar-refractivity contribution in [3.05, 3.63) is 33.4 Å². The zero-order valence-corrected chi connectivity index (χ0v) is 11.9. The number of hydrogen-bond acceptors (Lipinski definition) is 5. The third-order valence-electron chi connectivity index (χ3n) is 3.39. The highest BCUT2D eigenvalue weighted by Gasteiger charge is 2.33. The van der Waals surface area contributed by atoms with Crippen molar-refractivity contribution in [2.45, 2.75) is 19.8 Å². The maximum absolute atomic E-state index is 12.4. The van der Waals surface area contributed by atoms with E-state index >= 15 is 0 Å². The molecule has 0 N–H and O–H groups in total. The molecule has 0 aliphatic carbocycles. The van der Waals surface area contributed by atoms with Gasteiger partial charge < -0.3 is 9.47 Å². The highest BCUT2D eigenvalue weighted by molar-refractivity contribution is 5.49. The number of rotatable bonds is 4. The van der Waals surface area contributed by atoms with E-state index in [4.69, 9.17) is 4.74 Å². The Balaban J connectivity index is 2.32. The predicted molar refractivity (Wildman–Crippen MR) is 70.6 cm³/mol. The normalized spacial score (nSPS) is 16.5. The topological polar surface area (TPSA) is 64.8 Å². The molecule has 6 nitrogen and oxygen atoms in total. The largest absolute Gasteiger partial charge is 0.573 e. The first-order valence-corrected chi connectivity index (χ1v) is 6.60. The second kappa shape index (κ2) is 6.49. The van der Waals surface area contributed by atoms with Gasteiger partial charge in [-0.15, -0.1) is 13.2 Å². The first-order valence-electron chi connectivity index (χ1n) is 6.60. The molecule has 0 radical (unpaired) electrons. The Morgan fingerprint density at radius 3 is 2.55 bits per heavy atom. The monoisotopic (exact) mass is 320 g/mol. The number of alkyl halides is 3. The van der Waals surface area contributed by atoms with Crippen LogP contribution < -0.4 is 4.74 Å². The highest BCUT2D eigenvalue weighted by Crippen LogP contribution is 2.33. The van der Waals surface area contributed by atoms with Crippen LogP contribution >= 0.6 is 0 Å². The molecule has 22 heavy (non-hydrogen) atoms. The van der Waals surface area contributed by atoms with Crippen LogP contribution in [0.5, 0.6) is 5.75 Å². The lowest BCUT2D eigenvalue weighted by molar-refractivity contribution is -0.385. The van der Waals surface area contributed by atoms with Crippen LogP contribution in [0.25, 0.3) is 0 Å². The maximum Gasteiger partial charge on any atom is 0.573 e. The van der Waals surface area contributed by atoms with Gasteiger partial charge in [-0.3, -0.25) is 15.0 Å². The molecule has 1 saturated heterocycles. The Kier molecular flexibility index (Phi) is 4.87. The molecule has 1 fully saturated rings. The molecule has 0 amide bonds. The average Bonchev–Trinajstić information content (AvgIpc) is 2.42. The highest BCUT2D eigenvalue weighted by atomic mass is 19.4. The van der Waals surface area contributed by atoms with E-state index in [-0.39, 0.29) is 5.56 Å². The van der Waals surface area contributed by atoms with Crippen LogP contribution in [0.2, 0.25) is 0 Å². The van der Waals surface area contributed by atoms with Crippen LogP contribution in [0, 0.1) is 17.0 Å². The lowest BCUT2D eigenvalue weighted by Crippen LogP contribution is -2.35. The summed E-state index contributed by atoms with van der Waals surface area (Å²) in [4.78, 5) is 12.1. The van der Waals surface area contributed by atoms with E-state index in [1.807, 2.05) is 4.90 Å². The summed E-state index contributed by atoms with van der Waals surface area (Å²) >= 11 is 0. The molecule has 1 aromatic rings. The summed E-state index contributed by atoms with van der Waals surface area (Å²) in [6.07, 6.45) is -4.89.